The lowest BCUT2D eigenvalue weighted by Crippen LogP contribution is -2.53. The average Bonchev–Trinajstić information content (AvgIpc) is 2.39. The molecular weight excluding hydrogens is 212 g/mol. The number of nitrogens with one attached hydrogen (secondary N) is 1. The van der Waals surface area contributed by atoms with Crippen molar-refractivity contribution in [1.29, 1.82) is 0 Å². The largest absolute Gasteiger partial charge is 0.352 e. The second kappa shape index (κ2) is 5.45. The van der Waals surface area contributed by atoms with Crippen molar-refractivity contribution in [3.8, 4) is 0 Å². The van der Waals surface area contributed by atoms with Crippen LogP contribution in [0.5, 0.6) is 0 Å². The zero-order chi connectivity index (χ0) is 12.3. The Hall–Kier alpha value is -1.16. The van der Waals surface area contributed by atoms with Crippen molar-refractivity contribution >= 4 is 5.82 Å². The van der Waals surface area contributed by atoms with Crippen LogP contribution in [0.1, 0.15) is 26.5 Å². The van der Waals surface area contributed by atoms with Crippen molar-refractivity contribution in [2.24, 2.45) is 5.92 Å². The van der Waals surface area contributed by atoms with E-state index in [4.69, 9.17) is 0 Å². The summed E-state index contributed by atoms with van der Waals surface area (Å²) in [5.74, 6) is 1.66. The third-order valence-electron chi connectivity index (χ3n) is 3.40. The minimum Gasteiger partial charge on any atom is -0.352 e. The van der Waals surface area contributed by atoms with Crippen LogP contribution in [-0.4, -0.2) is 35.9 Å². The van der Waals surface area contributed by atoms with E-state index >= 15 is 0 Å². The summed E-state index contributed by atoms with van der Waals surface area (Å²) in [6.45, 7) is 9.69. The van der Waals surface area contributed by atoms with E-state index in [2.05, 4.69) is 53.3 Å². The molecule has 0 saturated carbocycles. The number of anilines is 1. The first kappa shape index (κ1) is 12.3. The summed E-state index contributed by atoms with van der Waals surface area (Å²) in [6, 6.07) is 4.72. The molecule has 0 spiro atoms. The molecule has 1 aliphatic heterocycles. The Morgan fingerprint density at radius 3 is 2.82 bits per heavy atom. The summed E-state index contributed by atoms with van der Waals surface area (Å²) in [4.78, 5) is 2.33. The van der Waals surface area contributed by atoms with Gasteiger partial charge in [0, 0.05) is 25.7 Å². The minimum absolute atomic E-state index is 0.552. The molecule has 0 aliphatic carbocycles. The summed E-state index contributed by atoms with van der Waals surface area (Å²) in [6.07, 6.45) is 0.948. The van der Waals surface area contributed by atoms with Crippen LogP contribution in [0, 0.1) is 5.92 Å². The Morgan fingerprint density at radius 2 is 2.24 bits per heavy atom. The molecule has 0 amide bonds. The van der Waals surface area contributed by atoms with E-state index in [1.165, 1.54) is 0 Å². The van der Waals surface area contributed by atoms with Gasteiger partial charge in [0.2, 0.25) is 0 Å². The lowest BCUT2D eigenvalue weighted by Gasteiger charge is -2.36. The molecule has 17 heavy (non-hydrogen) atoms. The fourth-order valence-electron chi connectivity index (χ4n) is 2.14. The summed E-state index contributed by atoms with van der Waals surface area (Å²) in [5.41, 5.74) is 1.06. The third-order valence-corrected chi connectivity index (χ3v) is 3.40. The normalized spacial score (nSPS) is 20.9. The summed E-state index contributed by atoms with van der Waals surface area (Å²) < 4.78 is 0. The van der Waals surface area contributed by atoms with Gasteiger partial charge in [0.25, 0.3) is 0 Å². The Labute approximate surface area is 103 Å². The molecule has 94 valence electrons. The fourth-order valence-corrected chi connectivity index (χ4v) is 2.14. The van der Waals surface area contributed by atoms with E-state index in [1.54, 1.807) is 0 Å². The second-order valence-electron chi connectivity index (χ2n) is 4.99. The molecule has 1 aromatic rings. The van der Waals surface area contributed by atoms with Crippen molar-refractivity contribution in [2.45, 2.75) is 33.2 Å². The number of aryl methyl sites for hydroxylation is 1. The molecule has 1 atom stereocenters. The monoisotopic (exact) mass is 234 g/mol. The van der Waals surface area contributed by atoms with Crippen LogP contribution in [0.2, 0.25) is 0 Å². The summed E-state index contributed by atoms with van der Waals surface area (Å²) >= 11 is 0. The number of nitrogens with zero attached hydrogens (tertiary/aromatic N) is 3. The first-order valence-electron chi connectivity index (χ1n) is 6.51. The molecule has 0 radical (unpaired) electrons. The summed E-state index contributed by atoms with van der Waals surface area (Å²) in [7, 11) is 0. The highest BCUT2D eigenvalue weighted by Crippen LogP contribution is 2.15. The van der Waals surface area contributed by atoms with Crippen LogP contribution in [-0.2, 0) is 6.42 Å². The van der Waals surface area contributed by atoms with Crippen molar-refractivity contribution in [3.05, 3.63) is 17.8 Å². The molecule has 0 bridgehead atoms. The predicted octanol–water partition coefficient (Wildman–Crippen LogP) is 1.47. The van der Waals surface area contributed by atoms with Gasteiger partial charge in [-0.1, -0.05) is 20.8 Å². The molecule has 1 aromatic heterocycles. The molecule has 1 aliphatic rings. The van der Waals surface area contributed by atoms with E-state index in [1.807, 2.05) is 0 Å². The Balaban J connectivity index is 2.05. The number of hydrogen-bond donors (Lipinski definition) is 1. The molecule has 4 heteroatoms. The molecule has 1 fully saturated rings. The second-order valence-corrected chi connectivity index (χ2v) is 4.99. The minimum atomic E-state index is 0.552. The van der Waals surface area contributed by atoms with Crippen LogP contribution in [0.15, 0.2) is 12.1 Å². The van der Waals surface area contributed by atoms with Gasteiger partial charge in [-0.2, -0.15) is 5.10 Å². The molecule has 2 heterocycles. The molecular formula is C13H22N4. The highest BCUT2D eigenvalue weighted by atomic mass is 15.3. The topological polar surface area (TPSA) is 41.0 Å². The van der Waals surface area contributed by atoms with Crippen LogP contribution in [0.3, 0.4) is 0 Å². The van der Waals surface area contributed by atoms with Crippen molar-refractivity contribution in [3.63, 3.8) is 0 Å². The van der Waals surface area contributed by atoms with Crippen LogP contribution >= 0.6 is 0 Å². The number of hydrogen-bond acceptors (Lipinski definition) is 4. The van der Waals surface area contributed by atoms with Gasteiger partial charge in [-0.15, -0.1) is 5.10 Å². The first-order valence-corrected chi connectivity index (χ1v) is 6.51. The standard InChI is InChI=1S/C13H22N4/c1-4-11-5-6-13(16-15-11)17-8-7-14-12(9-17)10(2)3/h5-6,10,12,14H,4,7-9H2,1-3H3. The molecule has 1 saturated heterocycles. The van der Waals surface area contributed by atoms with Gasteiger partial charge in [0.15, 0.2) is 5.82 Å². The van der Waals surface area contributed by atoms with Gasteiger partial charge >= 0.3 is 0 Å². The van der Waals surface area contributed by atoms with Gasteiger partial charge in [-0.3, -0.25) is 0 Å². The number of rotatable bonds is 3. The van der Waals surface area contributed by atoms with E-state index in [-0.39, 0.29) is 0 Å². The molecule has 1 N–H and O–H groups in total. The average molecular weight is 234 g/mol. The first-order chi connectivity index (χ1) is 8.20. The van der Waals surface area contributed by atoms with E-state index in [0.29, 0.717) is 12.0 Å². The maximum atomic E-state index is 4.32. The van der Waals surface area contributed by atoms with Gasteiger partial charge in [-0.25, -0.2) is 0 Å². The van der Waals surface area contributed by atoms with Crippen LogP contribution < -0.4 is 10.2 Å². The zero-order valence-corrected chi connectivity index (χ0v) is 11.0. The SMILES string of the molecule is CCc1ccc(N2CCNC(C(C)C)C2)nn1. The Morgan fingerprint density at radius 1 is 1.41 bits per heavy atom. The van der Waals surface area contributed by atoms with Crippen molar-refractivity contribution in [1.82, 2.24) is 15.5 Å². The highest BCUT2D eigenvalue weighted by molar-refractivity contribution is 5.38. The Bertz CT molecular complexity index is 347. The third kappa shape index (κ3) is 2.94. The molecule has 0 aromatic carbocycles. The summed E-state index contributed by atoms with van der Waals surface area (Å²) in [5, 5.41) is 12.1. The lowest BCUT2D eigenvalue weighted by molar-refractivity contribution is 0.367. The smallest absolute Gasteiger partial charge is 0.151 e. The predicted molar refractivity (Wildman–Crippen MR) is 70.3 cm³/mol. The Kier molecular flexibility index (Phi) is 3.94. The lowest BCUT2D eigenvalue weighted by atomic mass is 10.0. The van der Waals surface area contributed by atoms with E-state index in [0.717, 1.165) is 37.6 Å². The molecule has 2 rings (SSSR count). The molecule has 1 unspecified atom stereocenters. The quantitative estimate of drug-likeness (QED) is 0.860. The van der Waals surface area contributed by atoms with Crippen LogP contribution in [0.4, 0.5) is 5.82 Å². The van der Waals surface area contributed by atoms with E-state index in [9.17, 15) is 0 Å². The maximum Gasteiger partial charge on any atom is 0.151 e. The van der Waals surface area contributed by atoms with E-state index < -0.39 is 0 Å². The van der Waals surface area contributed by atoms with Gasteiger partial charge in [0.1, 0.15) is 0 Å². The van der Waals surface area contributed by atoms with Crippen molar-refractivity contribution < 1.29 is 0 Å². The highest BCUT2D eigenvalue weighted by Gasteiger charge is 2.22. The van der Waals surface area contributed by atoms with Gasteiger partial charge < -0.3 is 10.2 Å². The number of piperazine rings is 1. The van der Waals surface area contributed by atoms with Gasteiger partial charge in [-0.05, 0) is 24.5 Å². The fraction of sp³-hybridized carbons (Fsp3) is 0.692. The van der Waals surface area contributed by atoms with Gasteiger partial charge in [0.05, 0.1) is 5.69 Å². The number of aromatic nitrogens is 2. The van der Waals surface area contributed by atoms with Crippen LogP contribution in [0.25, 0.3) is 0 Å². The maximum absolute atomic E-state index is 4.32. The molecule has 4 nitrogen and oxygen atoms in total. The zero-order valence-electron chi connectivity index (χ0n) is 11.0. The van der Waals surface area contributed by atoms with Crippen molar-refractivity contribution in [2.75, 3.05) is 24.5 Å².